The van der Waals surface area contributed by atoms with E-state index in [1.165, 1.54) is 12.3 Å². The molecule has 23 heavy (non-hydrogen) atoms. The van der Waals surface area contributed by atoms with Crippen molar-refractivity contribution in [3.05, 3.63) is 34.8 Å². The molecule has 0 aliphatic carbocycles. The molecule has 1 aliphatic rings. The Morgan fingerprint density at radius 1 is 1.26 bits per heavy atom. The topological polar surface area (TPSA) is 94.4 Å². The van der Waals surface area contributed by atoms with Crippen molar-refractivity contribution in [2.45, 2.75) is 32.2 Å². The Labute approximate surface area is 133 Å². The maximum atomic E-state index is 12.4. The summed E-state index contributed by atoms with van der Waals surface area (Å²) >= 11 is 0. The van der Waals surface area contributed by atoms with E-state index in [9.17, 15) is 9.59 Å². The molecule has 2 aromatic heterocycles. The lowest BCUT2D eigenvalue weighted by Gasteiger charge is -2.20. The van der Waals surface area contributed by atoms with Crippen LogP contribution in [0.15, 0.2) is 33.7 Å². The van der Waals surface area contributed by atoms with E-state index in [4.69, 9.17) is 10.2 Å². The smallest absolute Gasteiger partial charge is 0.290 e. The number of anilines is 1. The highest BCUT2D eigenvalue weighted by atomic mass is 16.3. The number of aromatic nitrogens is 2. The molecule has 3 heterocycles. The van der Waals surface area contributed by atoms with E-state index in [1.54, 1.807) is 17.0 Å². The molecule has 0 radical (unpaired) electrons. The van der Waals surface area contributed by atoms with Gasteiger partial charge in [-0.15, -0.1) is 0 Å². The minimum atomic E-state index is -0.455. The first kappa shape index (κ1) is 15.3. The molecular formula is C16H20N4O3. The van der Waals surface area contributed by atoms with E-state index in [0.29, 0.717) is 11.5 Å². The van der Waals surface area contributed by atoms with Gasteiger partial charge in [0.25, 0.3) is 5.56 Å². The van der Waals surface area contributed by atoms with Crippen LogP contribution in [0.25, 0.3) is 11.5 Å². The Morgan fingerprint density at radius 3 is 2.65 bits per heavy atom. The first-order chi connectivity index (χ1) is 11.1. The third kappa shape index (κ3) is 3.44. The van der Waals surface area contributed by atoms with Crippen LogP contribution in [0.3, 0.4) is 0 Å². The minimum Gasteiger partial charge on any atom is -0.463 e. The van der Waals surface area contributed by atoms with Gasteiger partial charge in [-0.2, -0.15) is 5.10 Å². The molecule has 2 N–H and O–H groups in total. The van der Waals surface area contributed by atoms with Crippen LogP contribution in [-0.2, 0) is 11.3 Å². The molecule has 0 unspecified atom stereocenters. The molecule has 0 saturated carbocycles. The van der Waals surface area contributed by atoms with Crippen LogP contribution in [-0.4, -0.2) is 33.7 Å². The summed E-state index contributed by atoms with van der Waals surface area (Å²) in [7, 11) is 0. The fraction of sp³-hybridized carbons (Fsp3) is 0.438. The summed E-state index contributed by atoms with van der Waals surface area (Å²) in [6, 6.07) is 4.92. The number of likely N-dealkylation sites (tertiary alicyclic amines) is 1. The van der Waals surface area contributed by atoms with Crippen LogP contribution >= 0.6 is 0 Å². The standard InChI is InChI=1S/C16H20N4O3/c17-12-10-13(14-6-5-9-23-14)18-20(16(12)22)11-15(21)19-7-3-1-2-4-8-19/h5-6,9-10H,1-4,7-8,11,17H2. The highest BCUT2D eigenvalue weighted by Crippen LogP contribution is 2.17. The zero-order valence-electron chi connectivity index (χ0n) is 12.9. The SMILES string of the molecule is Nc1cc(-c2ccco2)nn(CC(=O)N2CCCCCC2)c1=O. The minimum absolute atomic E-state index is 0.0510. The number of carbonyl (C=O) groups excluding carboxylic acids is 1. The predicted octanol–water partition coefficient (Wildman–Crippen LogP) is 1.49. The fourth-order valence-electron chi connectivity index (χ4n) is 2.76. The molecular weight excluding hydrogens is 296 g/mol. The van der Waals surface area contributed by atoms with Crippen LogP contribution in [0.5, 0.6) is 0 Å². The van der Waals surface area contributed by atoms with Crippen LogP contribution in [0.2, 0.25) is 0 Å². The van der Waals surface area contributed by atoms with Gasteiger partial charge in [-0.25, -0.2) is 4.68 Å². The third-order valence-electron chi connectivity index (χ3n) is 4.02. The van der Waals surface area contributed by atoms with Gasteiger partial charge >= 0.3 is 0 Å². The Kier molecular flexibility index (Phi) is 4.45. The average Bonchev–Trinajstić information content (AvgIpc) is 2.93. The molecule has 122 valence electrons. The Balaban J connectivity index is 1.84. The summed E-state index contributed by atoms with van der Waals surface area (Å²) in [5, 5.41) is 4.22. The summed E-state index contributed by atoms with van der Waals surface area (Å²) in [5.41, 5.74) is 5.80. The summed E-state index contributed by atoms with van der Waals surface area (Å²) in [6.45, 7) is 1.37. The number of hydrogen-bond acceptors (Lipinski definition) is 5. The lowest BCUT2D eigenvalue weighted by Crippen LogP contribution is -2.38. The number of carbonyl (C=O) groups is 1. The van der Waals surface area contributed by atoms with E-state index >= 15 is 0 Å². The van der Waals surface area contributed by atoms with E-state index in [1.807, 2.05) is 0 Å². The molecule has 0 spiro atoms. The largest absolute Gasteiger partial charge is 0.463 e. The fourth-order valence-corrected chi connectivity index (χ4v) is 2.76. The average molecular weight is 316 g/mol. The number of nitrogens with zero attached hydrogens (tertiary/aromatic N) is 3. The zero-order valence-corrected chi connectivity index (χ0v) is 12.9. The van der Waals surface area contributed by atoms with Crippen LogP contribution in [0.1, 0.15) is 25.7 Å². The van der Waals surface area contributed by atoms with Gasteiger partial charge in [-0.3, -0.25) is 9.59 Å². The van der Waals surface area contributed by atoms with Crippen molar-refractivity contribution in [3.63, 3.8) is 0 Å². The molecule has 1 aliphatic heterocycles. The quantitative estimate of drug-likeness (QED) is 0.925. The van der Waals surface area contributed by atoms with Crippen molar-refractivity contribution in [1.82, 2.24) is 14.7 Å². The first-order valence-corrected chi connectivity index (χ1v) is 7.84. The molecule has 1 fully saturated rings. The Hall–Kier alpha value is -2.57. The molecule has 1 saturated heterocycles. The van der Waals surface area contributed by atoms with Gasteiger partial charge in [-0.1, -0.05) is 12.8 Å². The molecule has 1 amide bonds. The summed E-state index contributed by atoms with van der Waals surface area (Å²) in [5.74, 6) is 0.408. The molecule has 7 nitrogen and oxygen atoms in total. The Morgan fingerprint density at radius 2 is 2.00 bits per heavy atom. The molecule has 2 aromatic rings. The van der Waals surface area contributed by atoms with Gasteiger partial charge < -0.3 is 15.1 Å². The van der Waals surface area contributed by atoms with Gasteiger partial charge in [0.15, 0.2) is 5.76 Å². The summed E-state index contributed by atoms with van der Waals surface area (Å²) in [4.78, 5) is 26.4. The molecule has 0 bridgehead atoms. The Bertz CT molecular complexity index is 728. The lowest BCUT2D eigenvalue weighted by atomic mass is 10.2. The van der Waals surface area contributed by atoms with Crippen molar-refractivity contribution in [1.29, 1.82) is 0 Å². The first-order valence-electron chi connectivity index (χ1n) is 7.84. The summed E-state index contributed by atoms with van der Waals surface area (Å²) < 4.78 is 6.40. The van der Waals surface area contributed by atoms with Gasteiger partial charge in [-0.05, 0) is 31.0 Å². The number of hydrogen-bond donors (Lipinski definition) is 1. The maximum absolute atomic E-state index is 12.4. The molecule has 3 rings (SSSR count). The van der Waals surface area contributed by atoms with Crippen LogP contribution in [0, 0.1) is 0 Å². The maximum Gasteiger partial charge on any atom is 0.290 e. The highest BCUT2D eigenvalue weighted by Gasteiger charge is 2.18. The van der Waals surface area contributed by atoms with Gasteiger partial charge in [0, 0.05) is 13.1 Å². The number of furan rings is 1. The highest BCUT2D eigenvalue weighted by molar-refractivity contribution is 5.76. The third-order valence-corrected chi connectivity index (χ3v) is 4.02. The van der Waals surface area contributed by atoms with E-state index < -0.39 is 5.56 Å². The number of rotatable bonds is 3. The van der Waals surface area contributed by atoms with Gasteiger partial charge in [0.05, 0.1) is 6.26 Å². The second kappa shape index (κ2) is 6.68. The molecule has 0 atom stereocenters. The van der Waals surface area contributed by atoms with Crippen molar-refractivity contribution < 1.29 is 9.21 Å². The molecule has 0 aromatic carbocycles. The predicted molar refractivity (Wildman–Crippen MR) is 85.7 cm³/mol. The van der Waals surface area contributed by atoms with Crippen molar-refractivity contribution in [2.24, 2.45) is 0 Å². The van der Waals surface area contributed by atoms with E-state index in [-0.39, 0.29) is 18.1 Å². The van der Waals surface area contributed by atoms with Gasteiger partial charge in [0.1, 0.15) is 17.9 Å². The van der Waals surface area contributed by atoms with Crippen molar-refractivity contribution in [3.8, 4) is 11.5 Å². The van der Waals surface area contributed by atoms with Crippen LogP contribution < -0.4 is 11.3 Å². The number of amides is 1. The van der Waals surface area contributed by atoms with E-state index in [0.717, 1.165) is 43.5 Å². The van der Waals surface area contributed by atoms with Crippen molar-refractivity contribution >= 4 is 11.6 Å². The second-order valence-corrected chi connectivity index (χ2v) is 5.72. The monoisotopic (exact) mass is 316 g/mol. The van der Waals surface area contributed by atoms with E-state index in [2.05, 4.69) is 5.10 Å². The number of nitrogens with two attached hydrogens (primary N) is 1. The lowest BCUT2D eigenvalue weighted by molar-refractivity contribution is -0.132. The normalized spacial score (nSPS) is 15.4. The second-order valence-electron chi connectivity index (χ2n) is 5.72. The van der Waals surface area contributed by atoms with Crippen molar-refractivity contribution in [2.75, 3.05) is 18.8 Å². The van der Waals surface area contributed by atoms with Crippen LogP contribution in [0.4, 0.5) is 5.69 Å². The zero-order chi connectivity index (χ0) is 16.2. The molecule has 7 heteroatoms. The summed E-state index contributed by atoms with van der Waals surface area (Å²) in [6.07, 6.45) is 5.81. The van der Waals surface area contributed by atoms with Gasteiger partial charge in [0.2, 0.25) is 5.91 Å². The number of nitrogen functional groups attached to an aromatic ring is 1.